The smallest absolute Gasteiger partial charge is 0.146 e. The minimum atomic E-state index is -0.433. The molecule has 0 bridgehead atoms. The molecule has 0 aliphatic heterocycles. The van der Waals surface area contributed by atoms with Gasteiger partial charge < -0.3 is 10.5 Å². The van der Waals surface area contributed by atoms with E-state index in [1.165, 1.54) is 12.1 Å². The number of anilines is 1. The van der Waals surface area contributed by atoms with Gasteiger partial charge in [-0.05, 0) is 35.9 Å². The number of nitrogens with two attached hydrogens (primary N) is 1. The number of hydrogen-bond acceptors (Lipinski definition) is 2. The number of ether oxygens (including phenoxy) is 1. The van der Waals surface area contributed by atoms with E-state index in [0.29, 0.717) is 10.8 Å². The van der Waals surface area contributed by atoms with Gasteiger partial charge in [0, 0.05) is 5.02 Å². The van der Waals surface area contributed by atoms with Crippen molar-refractivity contribution in [2.45, 2.75) is 6.61 Å². The van der Waals surface area contributed by atoms with Crippen LogP contribution in [0, 0.1) is 5.82 Å². The average Bonchev–Trinajstić information content (AvgIpc) is 2.31. The second-order valence-electron chi connectivity index (χ2n) is 3.60. The summed E-state index contributed by atoms with van der Waals surface area (Å²) in [6.45, 7) is 0.275. The van der Waals surface area contributed by atoms with E-state index in [4.69, 9.17) is 22.1 Å². The van der Waals surface area contributed by atoms with Crippen LogP contribution in [0.15, 0.2) is 42.5 Å². The summed E-state index contributed by atoms with van der Waals surface area (Å²) in [6, 6.07) is 11.7. The third kappa shape index (κ3) is 3.11. The van der Waals surface area contributed by atoms with Crippen molar-refractivity contribution in [2.75, 3.05) is 5.73 Å². The van der Waals surface area contributed by atoms with Crippen LogP contribution in [0.3, 0.4) is 0 Å². The molecule has 2 rings (SSSR count). The SMILES string of the molecule is Nc1ccc(COc2cccc(Cl)c2)cc1F. The molecule has 2 aromatic carbocycles. The maximum absolute atomic E-state index is 13.2. The average molecular weight is 252 g/mol. The molecule has 0 amide bonds. The Morgan fingerprint density at radius 2 is 2.00 bits per heavy atom. The van der Waals surface area contributed by atoms with Crippen LogP contribution in [-0.2, 0) is 6.61 Å². The number of rotatable bonds is 3. The van der Waals surface area contributed by atoms with Crippen LogP contribution in [0.2, 0.25) is 5.02 Å². The van der Waals surface area contributed by atoms with E-state index in [9.17, 15) is 4.39 Å². The fourth-order valence-corrected chi connectivity index (χ4v) is 1.56. The first kappa shape index (κ1) is 11.7. The van der Waals surface area contributed by atoms with Gasteiger partial charge in [-0.15, -0.1) is 0 Å². The molecule has 4 heteroatoms. The molecule has 0 aliphatic carbocycles. The van der Waals surface area contributed by atoms with Gasteiger partial charge in [0.25, 0.3) is 0 Å². The van der Waals surface area contributed by atoms with Gasteiger partial charge in [-0.3, -0.25) is 0 Å². The maximum atomic E-state index is 13.2. The van der Waals surface area contributed by atoms with Crippen molar-refractivity contribution in [1.82, 2.24) is 0 Å². The highest BCUT2D eigenvalue weighted by Gasteiger charge is 2.01. The van der Waals surface area contributed by atoms with E-state index in [2.05, 4.69) is 0 Å². The zero-order chi connectivity index (χ0) is 12.3. The number of nitrogen functional groups attached to an aromatic ring is 1. The van der Waals surface area contributed by atoms with Gasteiger partial charge in [-0.2, -0.15) is 0 Å². The predicted octanol–water partition coefficient (Wildman–Crippen LogP) is 3.64. The van der Waals surface area contributed by atoms with Gasteiger partial charge in [0.2, 0.25) is 0 Å². The van der Waals surface area contributed by atoms with Crippen LogP contribution in [0.5, 0.6) is 5.75 Å². The molecular formula is C13H11ClFNO. The van der Waals surface area contributed by atoms with Crippen LogP contribution < -0.4 is 10.5 Å². The van der Waals surface area contributed by atoms with Crippen LogP contribution >= 0.6 is 11.6 Å². The predicted molar refractivity (Wildman–Crippen MR) is 66.6 cm³/mol. The number of halogens is 2. The molecule has 17 heavy (non-hydrogen) atoms. The molecule has 2 nitrogen and oxygen atoms in total. The van der Waals surface area contributed by atoms with Crippen LogP contribution in [0.25, 0.3) is 0 Å². The van der Waals surface area contributed by atoms with Crippen molar-refractivity contribution < 1.29 is 9.13 Å². The highest BCUT2D eigenvalue weighted by molar-refractivity contribution is 6.30. The summed E-state index contributed by atoms with van der Waals surface area (Å²) < 4.78 is 18.6. The molecule has 88 valence electrons. The van der Waals surface area contributed by atoms with E-state index < -0.39 is 5.82 Å². The first-order valence-electron chi connectivity index (χ1n) is 5.07. The highest BCUT2D eigenvalue weighted by atomic mass is 35.5. The van der Waals surface area contributed by atoms with Gasteiger partial charge in [0.1, 0.15) is 18.2 Å². The molecule has 0 radical (unpaired) electrons. The summed E-state index contributed by atoms with van der Waals surface area (Å²) in [6.07, 6.45) is 0. The zero-order valence-corrected chi connectivity index (χ0v) is 9.75. The van der Waals surface area contributed by atoms with Gasteiger partial charge >= 0.3 is 0 Å². The largest absolute Gasteiger partial charge is 0.489 e. The molecule has 0 spiro atoms. The molecule has 0 saturated heterocycles. The summed E-state index contributed by atoms with van der Waals surface area (Å²) in [5, 5.41) is 0.603. The van der Waals surface area contributed by atoms with Crippen molar-refractivity contribution >= 4 is 17.3 Å². The van der Waals surface area contributed by atoms with Crippen molar-refractivity contribution in [3.8, 4) is 5.75 Å². The molecule has 0 saturated carbocycles. The molecule has 0 aromatic heterocycles. The minimum absolute atomic E-state index is 0.136. The standard InChI is InChI=1S/C13H11ClFNO/c14-10-2-1-3-11(7-10)17-8-9-4-5-13(16)12(15)6-9/h1-7H,8,16H2. The topological polar surface area (TPSA) is 35.2 Å². The fourth-order valence-electron chi connectivity index (χ4n) is 1.38. The lowest BCUT2D eigenvalue weighted by atomic mass is 10.2. The Bertz CT molecular complexity index is 531. The van der Waals surface area contributed by atoms with E-state index >= 15 is 0 Å². The van der Waals surface area contributed by atoms with Crippen LogP contribution in [-0.4, -0.2) is 0 Å². The summed E-state index contributed by atoms with van der Waals surface area (Å²) in [4.78, 5) is 0. The molecule has 0 aliphatic rings. The summed E-state index contributed by atoms with van der Waals surface area (Å²) in [7, 11) is 0. The van der Waals surface area contributed by atoms with E-state index in [1.807, 2.05) is 0 Å². The third-order valence-corrected chi connectivity index (χ3v) is 2.50. The Morgan fingerprint density at radius 1 is 1.18 bits per heavy atom. The highest BCUT2D eigenvalue weighted by Crippen LogP contribution is 2.19. The molecule has 2 aromatic rings. The lowest BCUT2D eigenvalue weighted by molar-refractivity contribution is 0.305. The summed E-state index contributed by atoms with van der Waals surface area (Å²) >= 11 is 5.82. The summed E-state index contributed by atoms with van der Waals surface area (Å²) in [5.74, 6) is 0.215. The van der Waals surface area contributed by atoms with E-state index in [-0.39, 0.29) is 12.3 Å². The fraction of sp³-hybridized carbons (Fsp3) is 0.0769. The first-order chi connectivity index (χ1) is 8.15. The maximum Gasteiger partial charge on any atom is 0.146 e. The lowest BCUT2D eigenvalue weighted by Crippen LogP contribution is -1.98. The van der Waals surface area contributed by atoms with Crippen LogP contribution in [0.4, 0.5) is 10.1 Å². The Balaban J connectivity index is 2.05. The first-order valence-corrected chi connectivity index (χ1v) is 5.45. The van der Waals surface area contributed by atoms with Gasteiger partial charge in [0.05, 0.1) is 5.69 Å². The monoisotopic (exact) mass is 251 g/mol. The number of hydrogen-bond donors (Lipinski definition) is 1. The quantitative estimate of drug-likeness (QED) is 0.846. The van der Waals surface area contributed by atoms with Gasteiger partial charge in [-0.25, -0.2) is 4.39 Å². The second kappa shape index (κ2) is 5.06. The van der Waals surface area contributed by atoms with E-state index in [0.717, 1.165) is 5.56 Å². The third-order valence-electron chi connectivity index (χ3n) is 2.27. The zero-order valence-electron chi connectivity index (χ0n) is 8.99. The Labute approximate surface area is 104 Å². The number of benzene rings is 2. The van der Waals surface area contributed by atoms with Gasteiger partial charge in [0.15, 0.2) is 0 Å². The Hall–Kier alpha value is -1.74. The Morgan fingerprint density at radius 3 is 2.71 bits per heavy atom. The van der Waals surface area contributed by atoms with E-state index in [1.54, 1.807) is 30.3 Å². The molecule has 0 unspecified atom stereocenters. The molecular weight excluding hydrogens is 241 g/mol. The molecule has 0 atom stereocenters. The molecule has 0 heterocycles. The summed E-state index contributed by atoms with van der Waals surface area (Å²) in [5.41, 5.74) is 6.24. The molecule has 2 N–H and O–H groups in total. The second-order valence-corrected chi connectivity index (χ2v) is 4.04. The molecule has 0 fully saturated rings. The van der Waals surface area contributed by atoms with Gasteiger partial charge in [-0.1, -0.05) is 23.7 Å². The van der Waals surface area contributed by atoms with Crippen molar-refractivity contribution in [2.24, 2.45) is 0 Å². The minimum Gasteiger partial charge on any atom is -0.489 e. The Kier molecular flexibility index (Phi) is 3.49. The van der Waals surface area contributed by atoms with Crippen molar-refractivity contribution in [3.05, 3.63) is 58.9 Å². The normalized spacial score (nSPS) is 10.2. The van der Waals surface area contributed by atoms with Crippen molar-refractivity contribution in [1.29, 1.82) is 0 Å². The van der Waals surface area contributed by atoms with Crippen LogP contribution in [0.1, 0.15) is 5.56 Å². The lowest BCUT2D eigenvalue weighted by Gasteiger charge is -2.07. The van der Waals surface area contributed by atoms with Crippen molar-refractivity contribution in [3.63, 3.8) is 0 Å².